The van der Waals surface area contributed by atoms with Gasteiger partial charge in [0.1, 0.15) is 23.1 Å². The Balaban J connectivity index is 1.62. The molecule has 2 aromatic carbocycles. The lowest BCUT2D eigenvalue weighted by Crippen LogP contribution is -2.35. The number of aromatic amines is 1. The Hall–Kier alpha value is -3.53. The van der Waals surface area contributed by atoms with Gasteiger partial charge in [-0.25, -0.2) is 4.98 Å². The average molecular weight is 461 g/mol. The number of alkyl halides is 3. The minimum Gasteiger partial charge on any atom is -0.508 e. The second kappa shape index (κ2) is 8.78. The van der Waals surface area contributed by atoms with E-state index >= 15 is 0 Å². The Morgan fingerprint density at radius 3 is 2.33 bits per heavy atom. The summed E-state index contributed by atoms with van der Waals surface area (Å²) in [5.74, 6) is 1.18. The number of rotatable bonds is 5. The van der Waals surface area contributed by atoms with Crippen LogP contribution in [0.2, 0.25) is 0 Å². The monoisotopic (exact) mass is 461 g/mol. The normalized spacial score (nSPS) is 14.1. The van der Waals surface area contributed by atoms with Crippen LogP contribution in [0.15, 0.2) is 41.2 Å². The Labute approximate surface area is 187 Å². The number of halogens is 3. The maximum absolute atomic E-state index is 12.9. The number of benzene rings is 2. The van der Waals surface area contributed by atoms with Crippen LogP contribution in [0.25, 0.3) is 11.4 Å². The molecule has 0 saturated heterocycles. The third-order valence-electron chi connectivity index (χ3n) is 5.61. The highest BCUT2D eigenvalue weighted by atomic mass is 19.4. The van der Waals surface area contributed by atoms with E-state index in [9.17, 15) is 23.1 Å². The van der Waals surface area contributed by atoms with E-state index in [1.54, 1.807) is 0 Å². The third kappa shape index (κ3) is 4.65. The van der Waals surface area contributed by atoms with Crippen molar-refractivity contribution < 1.29 is 27.8 Å². The molecule has 2 N–H and O–H groups in total. The number of hydrogen-bond acceptors (Lipinski definition) is 6. The Morgan fingerprint density at radius 2 is 1.76 bits per heavy atom. The van der Waals surface area contributed by atoms with Crippen LogP contribution in [0.1, 0.15) is 22.4 Å². The first-order valence-corrected chi connectivity index (χ1v) is 10.2. The molecule has 1 aliphatic heterocycles. The lowest BCUT2D eigenvalue weighted by Gasteiger charge is -2.29. The summed E-state index contributed by atoms with van der Waals surface area (Å²) in [5, 5.41) is 9.86. The third-order valence-corrected chi connectivity index (χ3v) is 5.61. The predicted octanol–water partition coefficient (Wildman–Crippen LogP) is 3.74. The molecule has 33 heavy (non-hydrogen) atoms. The van der Waals surface area contributed by atoms with Gasteiger partial charge in [0.05, 0.1) is 31.0 Å². The minimum absolute atomic E-state index is 0.0193. The smallest absolute Gasteiger partial charge is 0.416 e. The second-order valence-electron chi connectivity index (χ2n) is 7.70. The maximum Gasteiger partial charge on any atom is 0.416 e. The van der Waals surface area contributed by atoms with Gasteiger partial charge in [-0.3, -0.25) is 9.69 Å². The van der Waals surface area contributed by atoms with Gasteiger partial charge in [0, 0.05) is 42.9 Å². The molecule has 0 unspecified atom stereocenters. The summed E-state index contributed by atoms with van der Waals surface area (Å²) >= 11 is 0. The molecule has 0 saturated carbocycles. The molecule has 2 heterocycles. The Kier molecular flexibility index (Phi) is 6.03. The number of fused-ring (bicyclic) bond motifs is 1. The van der Waals surface area contributed by atoms with E-state index in [1.807, 2.05) is 0 Å². The largest absolute Gasteiger partial charge is 0.508 e. The molecule has 0 amide bonds. The minimum atomic E-state index is -4.44. The first-order chi connectivity index (χ1) is 15.7. The van der Waals surface area contributed by atoms with Gasteiger partial charge in [0.2, 0.25) is 0 Å². The number of methoxy groups -OCH3 is 2. The highest BCUT2D eigenvalue weighted by molar-refractivity contribution is 5.56. The SMILES string of the molecule is COc1cc(O)cc(OC)c1CN1CCc2c(nc(-c3ccc(C(F)(F)F)cc3)[nH]c2=O)C1. The number of phenols is 1. The van der Waals surface area contributed by atoms with Crippen LogP contribution in [-0.4, -0.2) is 40.7 Å². The summed E-state index contributed by atoms with van der Waals surface area (Å²) in [4.78, 5) is 21.9. The molecule has 10 heteroatoms. The van der Waals surface area contributed by atoms with Crippen molar-refractivity contribution >= 4 is 0 Å². The van der Waals surface area contributed by atoms with Crippen LogP contribution in [-0.2, 0) is 25.7 Å². The number of nitrogens with zero attached hydrogens (tertiary/aromatic N) is 2. The number of nitrogens with one attached hydrogen (secondary N) is 1. The van der Waals surface area contributed by atoms with Gasteiger partial charge in [-0.2, -0.15) is 13.2 Å². The first-order valence-electron chi connectivity index (χ1n) is 10.2. The van der Waals surface area contributed by atoms with Crippen LogP contribution in [0.4, 0.5) is 13.2 Å². The number of H-pyrrole nitrogens is 1. The van der Waals surface area contributed by atoms with Crippen LogP contribution in [0.3, 0.4) is 0 Å². The molecule has 0 fully saturated rings. The molecule has 0 spiro atoms. The zero-order chi connectivity index (χ0) is 23.8. The molecular formula is C23H22F3N3O4. The summed E-state index contributed by atoms with van der Waals surface area (Å²) in [7, 11) is 3.00. The van der Waals surface area contributed by atoms with Crippen molar-refractivity contribution in [2.45, 2.75) is 25.7 Å². The lowest BCUT2D eigenvalue weighted by atomic mass is 10.0. The van der Waals surface area contributed by atoms with Crippen molar-refractivity contribution in [2.24, 2.45) is 0 Å². The summed E-state index contributed by atoms with van der Waals surface area (Å²) < 4.78 is 49.3. The van der Waals surface area contributed by atoms with Crippen molar-refractivity contribution in [1.82, 2.24) is 14.9 Å². The number of aromatic hydroxyl groups is 1. The molecule has 7 nitrogen and oxygen atoms in total. The maximum atomic E-state index is 12.9. The number of ether oxygens (including phenoxy) is 2. The highest BCUT2D eigenvalue weighted by Gasteiger charge is 2.30. The molecule has 0 bridgehead atoms. The Bertz CT molecular complexity index is 1200. The second-order valence-corrected chi connectivity index (χ2v) is 7.70. The quantitative estimate of drug-likeness (QED) is 0.602. The zero-order valence-electron chi connectivity index (χ0n) is 18.0. The standard InChI is InChI=1S/C23H22F3N3O4/c1-32-19-9-15(30)10-20(33-2)17(19)11-29-8-7-16-18(12-29)27-21(28-22(16)31)13-3-5-14(6-4-13)23(24,25)26/h3-6,9-10,30H,7-8,11-12H2,1-2H3,(H,27,28,31). The van der Waals surface area contributed by atoms with Crippen LogP contribution < -0.4 is 15.0 Å². The highest BCUT2D eigenvalue weighted by Crippen LogP contribution is 2.35. The molecule has 0 aliphatic carbocycles. The van der Waals surface area contributed by atoms with E-state index < -0.39 is 11.7 Å². The van der Waals surface area contributed by atoms with Crippen molar-refractivity contribution in [1.29, 1.82) is 0 Å². The van der Waals surface area contributed by atoms with Gasteiger partial charge in [-0.1, -0.05) is 12.1 Å². The number of phenolic OH excluding ortho intramolecular Hbond substituents is 1. The fraction of sp³-hybridized carbons (Fsp3) is 0.304. The van der Waals surface area contributed by atoms with E-state index in [2.05, 4.69) is 14.9 Å². The van der Waals surface area contributed by atoms with Crippen molar-refractivity contribution in [3.63, 3.8) is 0 Å². The number of hydrogen-bond donors (Lipinski definition) is 2. The van der Waals surface area contributed by atoms with Gasteiger partial charge in [0.25, 0.3) is 5.56 Å². The van der Waals surface area contributed by atoms with Gasteiger partial charge in [-0.05, 0) is 18.6 Å². The molecule has 1 aliphatic rings. The van der Waals surface area contributed by atoms with Crippen LogP contribution in [0, 0.1) is 0 Å². The topological polar surface area (TPSA) is 87.7 Å². The van der Waals surface area contributed by atoms with E-state index in [0.717, 1.165) is 17.7 Å². The van der Waals surface area contributed by atoms with E-state index in [1.165, 1.54) is 38.5 Å². The molecule has 174 valence electrons. The average Bonchev–Trinajstić information content (AvgIpc) is 2.79. The fourth-order valence-corrected chi connectivity index (χ4v) is 3.93. The van der Waals surface area contributed by atoms with Crippen molar-refractivity contribution in [2.75, 3.05) is 20.8 Å². The van der Waals surface area contributed by atoms with E-state index in [-0.39, 0.29) is 17.1 Å². The summed E-state index contributed by atoms with van der Waals surface area (Å²) in [6.45, 7) is 1.38. The predicted molar refractivity (Wildman–Crippen MR) is 114 cm³/mol. The molecule has 3 aromatic rings. The van der Waals surface area contributed by atoms with E-state index in [4.69, 9.17) is 9.47 Å². The summed E-state index contributed by atoms with van der Waals surface area (Å²) in [5.41, 5.74) is 1.20. The van der Waals surface area contributed by atoms with Gasteiger partial charge in [0.15, 0.2) is 0 Å². The van der Waals surface area contributed by atoms with Gasteiger partial charge >= 0.3 is 6.18 Å². The van der Waals surface area contributed by atoms with Crippen molar-refractivity contribution in [3.05, 3.63) is 69.1 Å². The van der Waals surface area contributed by atoms with Crippen molar-refractivity contribution in [3.8, 4) is 28.6 Å². The van der Waals surface area contributed by atoms with E-state index in [0.29, 0.717) is 54.4 Å². The molecular weight excluding hydrogens is 439 g/mol. The van der Waals surface area contributed by atoms with Crippen LogP contribution in [0.5, 0.6) is 17.2 Å². The molecule has 4 rings (SSSR count). The van der Waals surface area contributed by atoms with Crippen LogP contribution >= 0.6 is 0 Å². The zero-order valence-corrected chi connectivity index (χ0v) is 18.0. The first kappa shape index (κ1) is 22.7. The van der Waals surface area contributed by atoms with Gasteiger partial charge in [-0.15, -0.1) is 0 Å². The molecule has 0 radical (unpaired) electrons. The molecule has 1 aromatic heterocycles. The van der Waals surface area contributed by atoms with Gasteiger partial charge < -0.3 is 19.6 Å². The lowest BCUT2D eigenvalue weighted by molar-refractivity contribution is -0.137. The summed E-state index contributed by atoms with van der Waals surface area (Å²) in [6.07, 6.45) is -3.97. The summed E-state index contributed by atoms with van der Waals surface area (Å²) in [6, 6.07) is 7.51. The Morgan fingerprint density at radius 1 is 1.12 bits per heavy atom. The fourth-order valence-electron chi connectivity index (χ4n) is 3.93. The number of aromatic nitrogens is 2. The molecule has 0 atom stereocenters.